The minimum absolute atomic E-state index is 0.156. The van der Waals surface area contributed by atoms with Gasteiger partial charge in [0.2, 0.25) is 0 Å². The van der Waals surface area contributed by atoms with Crippen LogP contribution < -0.4 is 4.57 Å². The molecule has 0 spiro atoms. The first-order valence-electron chi connectivity index (χ1n) is 4.85. The lowest BCUT2D eigenvalue weighted by Crippen LogP contribution is -2.33. The molecule has 0 saturated heterocycles. The predicted octanol–water partition coefficient (Wildman–Crippen LogP) is 1.60. The Morgan fingerprint density at radius 1 is 1.20 bits per heavy atom. The van der Waals surface area contributed by atoms with Crippen LogP contribution in [0, 0.1) is 0 Å². The van der Waals surface area contributed by atoms with Crippen LogP contribution >= 0.6 is 0 Å². The molecule has 0 radical (unpaired) electrons. The number of hydrogen-bond donors (Lipinski definition) is 1. The standard InChI is InChI=1S/C12H11NO2/c14-12(15)6-8-13-7-5-10-3-1-2-4-11(10)9-13/h1-5,7,9H,6,8H2/p+1. The van der Waals surface area contributed by atoms with Crippen molar-refractivity contribution in [3.63, 3.8) is 0 Å². The molecule has 1 heterocycles. The van der Waals surface area contributed by atoms with Gasteiger partial charge < -0.3 is 5.11 Å². The van der Waals surface area contributed by atoms with Crippen molar-refractivity contribution in [1.82, 2.24) is 0 Å². The van der Waals surface area contributed by atoms with Gasteiger partial charge in [-0.05, 0) is 11.5 Å². The summed E-state index contributed by atoms with van der Waals surface area (Å²) < 4.78 is 1.90. The summed E-state index contributed by atoms with van der Waals surface area (Å²) in [7, 11) is 0. The van der Waals surface area contributed by atoms with E-state index in [1.165, 1.54) is 5.39 Å². The average molecular weight is 202 g/mol. The molecule has 15 heavy (non-hydrogen) atoms. The van der Waals surface area contributed by atoms with Crippen LogP contribution in [-0.4, -0.2) is 11.1 Å². The van der Waals surface area contributed by atoms with Crippen LogP contribution in [0.15, 0.2) is 42.7 Å². The molecule has 76 valence electrons. The molecule has 0 unspecified atom stereocenters. The van der Waals surface area contributed by atoms with E-state index in [0.29, 0.717) is 6.54 Å². The van der Waals surface area contributed by atoms with Gasteiger partial charge in [0, 0.05) is 11.5 Å². The Kier molecular flexibility index (Phi) is 2.63. The molecule has 0 amide bonds. The minimum atomic E-state index is -0.768. The van der Waals surface area contributed by atoms with E-state index in [9.17, 15) is 4.79 Å². The van der Waals surface area contributed by atoms with Gasteiger partial charge >= 0.3 is 5.97 Å². The number of aliphatic carboxylic acids is 1. The van der Waals surface area contributed by atoms with Crippen LogP contribution in [0.1, 0.15) is 6.42 Å². The number of rotatable bonds is 3. The molecule has 0 fully saturated rings. The van der Waals surface area contributed by atoms with E-state index >= 15 is 0 Å². The van der Waals surface area contributed by atoms with Crippen LogP contribution in [0.25, 0.3) is 10.8 Å². The number of hydrogen-bond acceptors (Lipinski definition) is 1. The fraction of sp³-hybridized carbons (Fsp3) is 0.167. The smallest absolute Gasteiger partial charge is 0.309 e. The third-order valence-electron chi connectivity index (χ3n) is 2.33. The summed E-state index contributed by atoms with van der Waals surface area (Å²) in [6, 6.07) is 10.0. The zero-order valence-electron chi connectivity index (χ0n) is 8.26. The summed E-state index contributed by atoms with van der Waals surface area (Å²) >= 11 is 0. The maximum absolute atomic E-state index is 10.4. The molecule has 0 atom stereocenters. The number of aromatic nitrogens is 1. The van der Waals surface area contributed by atoms with Gasteiger partial charge in [-0.1, -0.05) is 18.2 Å². The maximum atomic E-state index is 10.4. The van der Waals surface area contributed by atoms with E-state index in [2.05, 4.69) is 0 Å². The lowest BCUT2D eigenvalue weighted by atomic mass is 10.2. The Balaban J connectivity index is 2.26. The molecule has 1 N–H and O–H groups in total. The van der Waals surface area contributed by atoms with Crippen molar-refractivity contribution in [3.8, 4) is 0 Å². The molecule has 0 bridgehead atoms. The number of carboxylic acids is 1. The SMILES string of the molecule is O=C(O)CC[n+]1ccc2ccccc2c1. The highest BCUT2D eigenvalue weighted by atomic mass is 16.4. The van der Waals surface area contributed by atoms with Gasteiger partial charge in [-0.15, -0.1) is 0 Å². The second-order valence-corrected chi connectivity index (χ2v) is 3.46. The molecular weight excluding hydrogens is 190 g/mol. The van der Waals surface area contributed by atoms with Gasteiger partial charge in [0.05, 0.1) is 0 Å². The van der Waals surface area contributed by atoms with Crippen LogP contribution in [0.2, 0.25) is 0 Å². The van der Waals surface area contributed by atoms with E-state index in [0.717, 1.165) is 5.39 Å². The summed E-state index contributed by atoms with van der Waals surface area (Å²) in [5, 5.41) is 10.9. The quantitative estimate of drug-likeness (QED) is 0.768. The maximum Gasteiger partial charge on any atom is 0.309 e. The molecule has 2 aromatic rings. The molecule has 2 rings (SSSR count). The average Bonchev–Trinajstić information content (AvgIpc) is 2.26. The van der Waals surface area contributed by atoms with Crippen molar-refractivity contribution in [3.05, 3.63) is 42.7 Å². The molecule has 0 aliphatic rings. The normalized spacial score (nSPS) is 10.4. The van der Waals surface area contributed by atoms with Gasteiger partial charge in [0.15, 0.2) is 18.9 Å². The molecule has 1 aromatic carbocycles. The van der Waals surface area contributed by atoms with E-state index in [1.54, 1.807) is 0 Å². The summed E-state index contributed by atoms with van der Waals surface area (Å²) in [6.07, 6.45) is 4.03. The summed E-state index contributed by atoms with van der Waals surface area (Å²) in [4.78, 5) is 10.4. The fourth-order valence-electron chi connectivity index (χ4n) is 1.54. The lowest BCUT2D eigenvalue weighted by molar-refractivity contribution is -0.694. The van der Waals surface area contributed by atoms with Crippen LogP contribution in [0.5, 0.6) is 0 Å². The summed E-state index contributed by atoms with van der Waals surface area (Å²) in [6.45, 7) is 0.514. The topological polar surface area (TPSA) is 41.2 Å². The Morgan fingerprint density at radius 2 is 1.93 bits per heavy atom. The second kappa shape index (κ2) is 4.09. The van der Waals surface area contributed by atoms with E-state index in [-0.39, 0.29) is 6.42 Å². The molecule has 0 saturated carbocycles. The Morgan fingerprint density at radius 3 is 2.67 bits per heavy atom. The molecule has 0 aliphatic carbocycles. The van der Waals surface area contributed by atoms with Gasteiger partial charge in [-0.2, -0.15) is 0 Å². The van der Waals surface area contributed by atoms with Crippen molar-refractivity contribution in [2.24, 2.45) is 0 Å². The van der Waals surface area contributed by atoms with Gasteiger partial charge in [0.1, 0.15) is 6.42 Å². The predicted molar refractivity (Wildman–Crippen MR) is 56.4 cm³/mol. The second-order valence-electron chi connectivity index (χ2n) is 3.46. The zero-order chi connectivity index (χ0) is 10.7. The van der Waals surface area contributed by atoms with Crippen molar-refractivity contribution in [2.75, 3.05) is 0 Å². The number of pyridine rings is 1. The number of fused-ring (bicyclic) bond motifs is 1. The van der Waals surface area contributed by atoms with Gasteiger partial charge in [0.25, 0.3) is 0 Å². The zero-order valence-corrected chi connectivity index (χ0v) is 8.26. The Hall–Kier alpha value is -1.90. The van der Waals surface area contributed by atoms with E-state index < -0.39 is 5.97 Å². The van der Waals surface area contributed by atoms with Crippen LogP contribution in [0.3, 0.4) is 0 Å². The van der Waals surface area contributed by atoms with Crippen molar-refractivity contribution in [1.29, 1.82) is 0 Å². The number of nitrogens with zero attached hydrogens (tertiary/aromatic N) is 1. The lowest BCUT2D eigenvalue weighted by Gasteiger charge is -1.97. The molecule has 3 heteroatoms. The van der Waals surface area contributed by atoms with Crippen molar-refractivity contribution < 1.29 is 14.5 Å². The van der Waals surface area contributed by atoms with Crippen LogP contribution in [-0.2, 0) is 11.3 Å². The van der Waals surface area contributed by atoms with Crippen molar-refractivity contribution in [2.45, 2.75) is 13.0 Å². The third-order valence-corrected chi connectivity index (χ3v) is 2.33. The first-order valence-corrected chi connectivity index (χ1v) is 4.85. The Labute approximate surface area is 87.6 Å². The first kappa shape index (κ1) is 9.65. The Bertz CT molecular complexity index is 494. The number of aryl methyl sites for hydroxylation is 1. The number of benzene rings is 1. The molecule has 0 aliphatic heterocycles. The third kappa shape index (κ3) is 2.31. The highest BCUT2D eigenvalue weighted by Crippen LogP contribution is 2.09. The van der Waals surface area contributed by atoms with Gasteiger partial charge in [-0.25, -0.2) is 4.57 Å². The first-order chi connectivity index (χ1) is 7.25. The number of carboxylic acid groups (broad SMARTS) is 1. The van der Waals surface area contributed by atoms with E-state index in [4.69, 9.17) is 5.11 Å². The van der Waals surface area contributed by atoms with Crippen molar-refractivity contribution >= 4 is 16.7 Å². The van der Waals surface area contributed by atoms with Crippen LogP contribution in [0.4, 0.5) is 0 Å². The highest BCUT2D eigenvalue weighted by Gasteiger charge is 2.05. The highest BCUT2D eigenvalue weighted by molar-refractivity contribution is 5.80. The van der Waals surface area contributed by atoms with Gasteiger partial charge in [-0.3, -0.25) is 4.79 Å². The van der Waals surface area contributed by atoms with E-state index in [1.807, 2.05) is 47.3 Å². The molecular formula is C12H12NO2+. The summed E-state index contributed by atoms with van der Waals surface area (Å²) in [5.41, 5.74) is 0. The molecule has 1 aromatic heterocycles. The monoisotopic (exact) mass is 202 g/mol. The largest absolute Gasteiger partial charge is 0.481 e. The minimum Gasteiger partial charge on any atom is -0.481 e. The summed E-state index contributed by atoms with van der Waals surface area (Å²) in [5.74, 6) is -0.768. The number of carbonyl (C=O) groups is 1. The fourth-order valence-corrected chi connectivity index (χ4v) is 1.54. The molecule has 3 nitrogen and oxygen atoms in total.